The largest absolute Gasteiger partial charge is 0.396 e. The number of aliphatic hydroxyl groups is 1. The maximum Gasteiger partial charge on any atom is 0.239 e. The van der Waals surface area contributed by atoms with Gasteiger partial charge in [0, 0.05) is 13.2 Å². The molecule has 5 nitrogen and oxygen atoms in total. The minimum atomic E-state index is -0.0947. The highest BCUT2D eigenvalue weighted by atomic mass is 32.1. The van der Waals surface area contributed by atoms with E-state index in [0.29, 0.717) is 13.0 Å². The van der Waals surface area contributed by atoms with Gasteiger partial charge in [-0.25, -0.2) is 4.98 Å². The molecule has 0 radical (unpaired) electrons. The van der Waals surface area contributed by atoms with E-state index in [9.17, 15) is 4.79 Å². The Labute approximate surface area is 109 Å². The Balaban J connectivity index is 1.84. The Kier molecular flexibility index (Phi) is 4.49. The third-order valence-corrected chi connectivity index (χ3v) is 3.35. The molecule has 0 fully saturated rings. The van der Waals surface area contributed by atoms with Crippen LogP contribution in [0, 0.1) is 0 Å². The van der Waals surface area contributed by atoms with Crippen molar-refractivity contribution in [2.45, 2.75) is 6.42 Å². The molecule has 0 aliphatic carbocycles. The predicted molar refractivity (Wildman–Crippen MR) is 72.8 cm³/mol. The number of benzene rings is 1. The summed E-state index contributed by atoms with van der Waals surface area (Å²) in [7, 11) is 0. The molecule has 3 N–H and O–H groups in total. The molecular weight excluding hydrogens is 250 g/mol. The summed E-state index contributed by atoms with van der Waals surface area (Å²) >= 11 is 1.53. The summed E-state index contributed by atoms with van der Waals surface area (Å²) < 4.78 is 1.10. The average molecular weight is 265 g/mol. The number of hydrogen-bond donors (Lipinski definition) is 3. The van der Waals surface area contributed by atoms with E-state index in [1.54, 1.807) is 0 Å². The quantitative estimate of drug-likeness (QED) is 0.686. The number of carbonyl (C=O) groups is 1. The zero-order valence-corrected chi connectivity index (χ0v) is 10.7. The first kappa shape index (κ1) is 12.8. The third kappa shape index (κ3) is 3.41. The first-order chi connectivity index (χ1) is 8.79. The minimum Gasteiger partial charge on any atom is -0.396 e. The Bertz CT molecular complexity index is 494. The van der Waals surface area contributed by atoms with Crippen LogP contribution in [-0.4, -0.2) is 35.7 Å². The highest BCUT2D eigenvalue weighted by Crippen LogP contribution is 2.24. The number of nitrogens with zero attached hydrogens (tertiary/aromatic N) is 1. The number of aromatic nitrogens is 1. The number of anilines is 1. The third-order valence-electron chi connectivity index (χ3n) is 2.35. The van der Waals surface area contributed by atoms with Crippen molar-refractivity contribution in [3.05, 3.63) is 24.3 Å². The summed E-state index contributed by atoms with van der Waals surface area (Å²) in [6, 6.07) is 7.84. The normalized spacial score (nSPS) is 10.5. The highest BCUT2D eigenvalue weighted by Gasteiger charge is 2.04. The van der Waals surface area contributed by atoms with Crippen LogP contribution in [0.15, 0.2) is 24.3 Å². The van der Waals surface area contributed by atoms with E-state index in [1.165, 1.54) is 11.3 Å². The summed E-state index contributed by atoms with van der Waals surface area (Å²) in [5.41, 5.74) is 0.936. The number of fused-ring (bicyclic) bond motifs is 1. The molecule has 0 saturated heterocycles. The van der Waals surface area contributed by atoms with Crippen LogP contribution in [0.25, 0.3) is 10.2 Å². The van der Waals surface area contributed by atoms with Crippen molar-refractivity contribution in [2.75, 3.05) is 25.0 Å². The Hall–Kier alpha value is -1.66. The van der Waals surface area contributed by atoms with Crippen molar-refractivity contribution in [3.63, 3.8) is 0 Å². The number of amides is 1. The summed E-state index contributed by atoms with van der Waals surface area (Å²) in [4.78, 5) is 15.8. The Morgan fingerprint density at radius 2 is 2.22 bits per heavy atom. The highest BCUT2D eigenvalue weighted by molar-refractivity contribution is 7.22. The van der Waals surface area contributed by atoms with Crippen LogP contribution in [-0.2, 0) is 4.79 Å². The maximum absolute atomic E-state index is 11.4. The van der Waals surface area contributed by atoms with Crippen LogP contribution < -0.4 is 10.6 Å². The van der Waals surface area contributed by atoms with Gasteiger partial charge in [-0.3, -0.25) is 4.79 Å². The van der Waals surface area contributed by atoms with Gasteiger partial charge in [0.25, 0.3) is 0 Å². The van der Waals surface area contributed by atoms with Gasteiger partial charge in [0.05, 0.1) is 16.8 Å². The first-order valence-corrected chi connectivity index (χ1v) is 6.58. The number of aliphatic hydroxyl groups excluding tert-OH is 1. The van der Waals surface area contributed by atoms with E-state index in [0.717, 1.165) is 15.3 Å². The fourth-order valence-electron chi connectivity index (χ4n) is 1.47. The minimum absolute atomic E-state index is 0.0889. The first-order valence-electron chi connectivity index (χ1n) is 5.76. The summed E-state index contributed by atoms with van der Waals surface area (Å²) in [5, 5.41) is 15.0. The standard InChI is InChI=1S/C12H15N3O2S/c16-7-3-6-13-11(17)8-14-12-15-9-4-1-2-5-10(9)18-12/h1-2,4-5,16H,3,6-8H2,(H,13,17)(H,14,15). The molecule has 1 amide bonds. The number of rotatable bonds is 6. The van der Waals surface area contributed by atoms with Crippen LogP contribution in [0.1, 0.15) is 6.42 Å². The topological polar surface area (TPSA) is 74.2 Å². The van der Waals surface area contributed by atoms with Gasteiger partial charge in [-0.15, -0.1) is 0 Å². The second kappa shape index (κ2) is 6.32. The van der Waals surface area contributed by atoms with Gasteiger partial charge in [0.2, 0.25) is 5.91 Å². The van der Waals surface area contributed by atoms with Crippen LogP contribution >= 0.6 is 11.3 Å². The van der Waals surface area contributed by atoms with Crippen LogP contribution in [0.4, 0.5) is 5.13 Å². The Morgan fingerprint density at radius 3 is 3.00 bits per heavy atom. The zero-order chi connectivity index (χ0) is 12.8. The lowest BCUT2D eigenvalue weighted by Crippen LogP contribution is -2.30. The van der Waals surface area contributed by atoms with Crippen molar-refractivity contribution < 1.29 is 9.90 Å². The van der Waals surface area contributed by atoms with Gasteiger partial charge in [0.1, 0.15) is 0 Å². The number of thiazole rings is 1. The molecule has 1 aromatic carbocycles. The molecule has 2 rings (SSSR count). The molecule has 0 spiro atoms. The van der Waals surface area contributed by atoms with E-state index >= 15 is 0 Å². The monoisotopic (exact) mass is 265 g/mol. The van der Waals surface area contributed by atoms with Crippen molar-refractivity contribution in [1.82, 2.24) is 10.3 Å². The fourth-order valence-corrected chi connectivity index (χ4v) is 2.33. The number of nitrogens with one attached hydrogen (secondary N) is 2. The van der Waals surface area contributed by atoms with Gasteiger partial charge < -0.3 is 15.7 Å². The van der Waals surface area contributed by atoms with Crippen molar-refractivity contribution in [2.24, 2.45) is 0 Å². The van der Waals surface area contributed by atoms with E-state index in [-0.39, 0.29) is 19.1 Å². The smallest absolute Gasteiger partial charge is 0.239 e. The molecule has 0 aliphatic rings. The fraction of sp³-hybridized carbons (Fsp3) is 0.333. The number of hydrogen-bond acceptors (Lipinski definition) is 5. The van der Waals surface area contributed by atoms with E-state index < -0.39 is 0 Å². The maximum atomic E-state index is 11.4. The van der Waals surface area contributed by atoms with Crippen LogP contribution in [0.2, 0.25) is 0 Å². The molecule has 0 bridgehead atoms. The van der Waals surface area contributed by atoms with E-state index in [1.807, 2.05) is 24.3 Å². The molecule has 1 heterocycles. The lowest BCUT2D eigenvalue weighted by Gasteiger charge is -2.04. The average Bonchev–Trinajstić information content (AvgIpc) is 2.79. The van der Waals surface area contributed by atoms with Crippen LogP contribution in [0.5, 0.6) is 0 Å². The molecule has 0 saturated carbocycles. The zero-order valence-electron chi connectivity index (χ0n) is 9.85. The summed E-state index contributed by atoms with van der Waals surface area (Å²) in [5.74, 6) is -0.0947. The molecule has 6 heteroatoms. The summed E-state index contributed by atoms with van der Waals surface area (Å²) in [6.45, 7) is 0.785. The number of carbonyl (C=O) groups excluding carboxylic acids is 1. The van der Waals surface area contributed by atoms with Gasteiger partial charge >= 0.3 is 0 Å². The van der Waals surface area contributed by atoms with Crippen LogP contribution in [0.3, 0.4) is 0 Å². The predicted octanol–water partition coefficient (Wildman–Crippen LogP) is 1.21. The van der Waals surface area contributed by atoms with E-state index in [2.05, 4.69) is 15.6 Å². The van der Waals surface area contributed by atoms with Crippen molar-refractivity contribution >= 4 is 32.6 Å². The lowest BCUT2D eigenvalue weighted by atomic mass is 10.3. The SMILES string of the molecule is O=C(CNc1nc2ccccc2s1)NCCCO. The second-order valence-corrected chi connectivity index (χ2v) is 4.80. The second-order valence-electron chi connectivity index (χ2n) is 3.77. The van der Waals surface area contributed by atoms with Crippen molar-refractivity contribution in [1.29, 1.82) is 0 Å². The van der Waals surface area contributed by atoms with Gasteiger partial charge in [-0.2, -0.15) is 0 Å². The lowest BCUT2D eigenvalue weighted by molar-refractivity contribution is -0.119. The van der Waals surface area contributed by atoms with E-state index in [4.69, 9.17) is 5.11 Å². The molecule has 0 unspecified atom stereocenters. The van der Waals surface area contributed by atoms with Gasteiger partial charge in [-0.05, 0) is 18.6 Å². The molecule has 18 heavy (non-hydrogen) atoms. The van der Waals surface area contributed by atoms with Gasteiger partial charge in [0.15, 0.2) is 5.13 Å². The van der Waals surface area contributed by atoms with Gasteiger partial charge in [-0.1, -0.05) is 23.5 Å². The van der Waals surface area contributed by atoms with Crippen molar-refractivity contribution in [3.8, 4) is 0 Å². The molecule has 2 aromatic rings. The summed E-state index contributed by atoms with van der Waals surface area (Å²) in [6.07, 6.45) is 0.576. The molecular formula is C12H15N3O2S. The molecule has 0 aliphatic heterocycles. The molecule has 96 valence electrons. The molecule has 1 aromatic heterocycles. The molecule has 0 atom stereocenters. The Morgan fingerprint density at radius 1 is 1.39 bits per heavy atom. The number of para-hydroxylation sites is 1.